The standard InChI is InChI=1S/C26H35N5O8S/c1-6-7-8-13-30-24(19-9-11-27-12-10-19)29-31(26(30)40)25-21(28-15(2)32)23(38-18(5)35)22(37-17(4)34)20(39-25)14-36-16(3)33/h9-12,20-23,25H,6-8,13-14H2,1-5H3,(H,28,32)/t20-,21-,22-,23-,25-/m1/s1. The van der Waals surface area contributed by atoms with Gasteiger partial charge in [-0.1, -0.05) is 19.8 Å². The number of pyridine rings is 1. The monoisotopic (exact) mass is 577 g/mol. The smallest absolute Gasteiger partial charge is 0.303 e. The summed E-state index contributed by atoms with van der Waals surface area (Å²) in [7, 11) is 0. The van der Waals surface area contributed by atoms with E-state index in [0.717, 1.165) is 24.8 Å². The number of esters is 3. The molecule has 0 aliphatic carbocycles. The topological polar surface area (TPSA) is 153 Å². The fourth-order valence-corrected chi connectivity index (χ4v) is 4.85. The molecule has 1 aliphatic heterocycles. The van der Waals surface area contributed by atoms with Crippen LogP contribution in [0.4, 0.5) is 0 Å². The van der Waals surface area contributed by atoms with Gasteiger partial charge in [-0.2, -0.15) is 0 Å². The first kappa shape index (κ1) is 30.9. The van der Waals surface area contributed by atoms with Crippen LogP contribution in [0.1, 0.15) is 60.1 Å². The number of carbonyl (C=O) groups excluding carboxylic acids is 4. The second-order valence-corrected chi connectivity index (χ2v) is 9.75. The molecule has 0 unspecified atom stereocenters. The predicted octanol–water partition coefficient (Wildman–Crippen LogP) is 2.49. The summed E-state index contributed by atoms with van der Waals surface area (Å²) in [5.74, 6) is -1.87. The number of hydrogen-bond donors (Lipinski definition) is 1. The maximum Gasteiger partial charge on any atom is 0.303 e. The summed E-state index contributed by atoms with van der Waals surface area (Å²) in [6, 6.07) is 2.52. The van der Waals surface area contributed by atoms with E-state index in [1.54, 1.807) is 24.5 Å². The van der Waals surface area contributed by atoms with Crippen molar-refractivity contribution >= 4 is 36.0 Å². The van der Waals surface area contributed by atoms with Crippen LogP contribution in [0.5, 0.6) is 0 Å². The van der Waals surface area contributed by atoms with Crippen molar-refractivity contribution in [1.82, 2.24) is 24.6 Å². The summed E-state index contributed by atoms with van der Waals surface area (Å²) in [6.45, 7) is 7.23. The van der Waals surface area contributed by atoms with Crippen molar-refractivity contribution in [2.75, 3.05) is 6.61 Å². The quantitative estimate of drug-likeness (QED) is 0.181. The SMILES string of the molecule is CCCCCn1c(-c2ccncc2)nn([C@@H]2O[C@H](COC(C)=O)[C@@H](OC(C)=O)[C@H](OC(C)=O)[C@H]2NC(C)=O)c1=S. The van der Waals surface area contributed by atoms with Crippen LogP contribution in [-0.4, -0.2) is 74.1 Å². The molecule has 13 nitrogen and oxygen atoms in total. The molecule has 1 fully saturated rings. The van der Waals surface area contributed by atoms with E-state index in [-0.39, 0.29) is 6.61 Å². The highest BCUT2D eigenvalue weighted by molar-refractivity contribution is 7.71. The molecule has 5 atom stereocenters. The largest absolute Gasteiger partial charge is 0.463 e. The van der Waals surface area contributed by atoms with Crippen LogP contribution >= 0.6 is 12.2 Å². The van der Waals surface area contributed by atoms with E-state index in [1.807, 2.05) is 4.57 Å². The molecule has 2 aromatic heterocycles. The molecule has 3 heterocycles. The summed E-state index contributed by atoms with van der Waals surface area (Å²) >= 11 is 5.86. The van der Waals surface area contributed by atoms with Gasteiger partial charge in [-0.05, 0) is 30.8 Å². The van der Waals surface area contributed by atoms with Crippen molar-refractivity contribution in [3.05, 3.63) is 29.3 Å². The van der Waals surface area contributed by atoms with Gasteiger partial charge >= 0.3 is 17.9 Å². The molecule has 1 saturated heterocycles. The first-order valence-electron chi connectivity index (χ1n) is 13.0. The van der Waals surface area contributed by atoms with Crippen molar-refractivity contribution in [3.63, 3.8) is 0 Å². The molecule has 2 aromatic rings. The lowest BCUT2D eigenvalue weighted by Gasteiger charge is -2.45. The van der Waals surface area contributed by atoms with Crippen LogP contribution in [-0.2, 0) is 44.7 Å². The van der Waals surface area contributed by atoms with E-state index in [0.29, 0.717) is 17.1 Å². The molecule has 3 rings (SSSR count). The van der Waals surface area contributed by atoms with E-state index >= 15 is 0 Å². The van der Waals surface area contributed by atoms with E-state index in [4.69, 9.17) is 36.3 Å². The van der Waals surface area contributed by atoms with Crippen LogP contribution in [0.2, 0.25) is 0 Å². The summed E-state index contributed by atoms with van der Waals surface area (Å²) < 4.78 is 26.2. The highest BCUT2D eigenvalue weighted by Crippen LogP contribution is 2.34. The maximum absolute atomic E-state index is 12.3. The first-order chi connectivity index (χ1) is 19.0. The number of ether oxygens (including phenoxy) is 4. The average molecular weight is 578 g/mol. The normalized spacial score (nSPS) is 22.3. The Kier molecular flexibility index (Phi) is 10.9. The minimum atomic E-state index is -1.22. The molecule has 1 aliphatic rings. The number of rotatable bonds is 11. The Bertz CT molecular complexity index is 1260. The first-order valence-corrected chi connectivity index (χ1v) is 13.4. The number of amides is 1. The Morgan fingerprint density at radius 1 is 1.00 bits per heavy atom. The second-order valence-electron chi connectivity index (χ2n) is 9.39. The molecule has 1 amide bonds. The number of nitrogens with zero attached hydrogens (tertiary/aromatic N) is 4. The van der Waals surface area contributed by atoms with Crippen LogP contribution in [0, 0.1) is 4.77 Å². The van der Waals surface area contributed by atoms with E-state index in [9.17, 15) is 19.2 Å². The number of nitrogens with one attached hydrogen (secondary N) is 1. The molecule has 0 radical (unpaired) electrons. The van der Waals surface area contributed by atoms with Gasteiger partial charge in [-0.15, -0.1) is 5.10 Å². The summed E-state index contributed by atoms with van der Waals surface area (Å²) in [5, 5.41) is 7.54. The van der Waals surface area contributed by atoms with Crippen LogP contribution in [0.25, 0.3) is 11.4 Å². The van der Waals surface area contributed by atoms with Crippen molar-refractivity contribution < 1.29 is 38.1 Å². The molecule has 1 N–H and O–H groups in total. The molecular formula is C26H35N5O8S. The Balaban J connectivity index is 2.18. The lowest BCUT2D eigenvalue weighted by atomic mass is 9.95. The van der Waals surface area contributed by atoms with Gasteiger partial charge in [0.05, 0.1) is 0 Å². The van der Waals surface area contributed by atoms with Gasteiger partial charge in [0.15, 0.2) is 24.3 Å². The number of hydrogen-bond acceptors (Lipinski definition) is 11. The fraction of sp³-hybridized carbons (Fsp3) is 0.577. The van der Waals surface area contributed by atoms with E-state index in [2.05, 4.69) is 17.2 Å². The van der Waals surface area contributed by atoms with Crippen LogP contribution in [0.15, 0.2) is 24.5 Å². The number of carbonyl (C=O) groups is 4. The van der Waals surface area contributed by atoms with Gasteiger partial charge in [0.2, 0.25) is 10.7 Å². The Morgan fingerprint density at radius 3 is 2.23 bits per heavy atom. The zero-order valence-electron chi connectivity index (χ0n) is 23.2. The van der Waals surface area contributed by atoms with Gasteiger partial charge in [-0.25, -0.2) is 4.68 Å². The summed E-state index contributed by atoms with van der Waals surface area (Å²) in [4.78, 5) is 52.3. The third kappa shape index (κ3) is 7.72. The van der Waals surface area contributed by atoms with Crippen molar-refractivity contribution in [1.29, 1.82) is 0 Å². The van der Waals surface area contributed by atoms with Crippen molar-refractivity contribution in [3.8, 4) is 11.4 Å². The lowest BCUT2D eigenvalue weighted by Crippen LogP contribution is -2.64. The third-order valence-corrected chi connectivity index (χ3v) is 6.55. The predicted molar refractivity (Wildman–Crippen MR) is 143 cm³/mol. The van der Waals surface area contributed by atoms with E-state index in [1.165, 1.54) is 32.4 Å². The fourth-order valence-electron chi connectivity index (χ4n) is 4.53. The third-order valence-electron chi connectivity index (χ3n) is 6.14. The average Bonchev–Trinajstić information content (AvgIpc) is 3.21. The molecular weight excluding hydrogens is 542 g/mol. The van der Waals surface area contributed by atoms with Crippen LogP contribution < -0.4 is 5.32 Å². The molecule has 0 aromatic carbocycles. The number of unbranched alkanes of at least 4 members (excludes halogenated alkanes) is 2. The zero-order valence-corrected chi connectivity index (χ0v) is 24.0. The highest BCUT2D eigenvalue weighted by atomic mass is 32.1. The van der Waals surface area contributed by atoms with Gasteiger partial charge in [0.1, 0.15) is 18.8 Å². The van der Waals surface area contributed by atoms with Gasteiger partial charge in [0, 0.05) is 52.2 Å². The Morgan fingerprint density at radius 2 is 1.65 bits per heavy atom. The van der Waals surface area contributed by atoms with Gasteiger partial charge < -0.3 is 24.3 Å². The Labute approximate surface area is 237 Å². The van der Waals surface area contributed by atoms with Gasteiger partial charge in [-0.3, -0.25) is 28.7 Å². The summed E-state index contributed by atoms with van der Waals surface area (Å²) in [5.41, 5.74) is 0.758. The molecule has 0 saturated carbocycles. The minimum absolute atomic E-state index is 0.294. The van der Waals surface area contributed by atoms with Crippen molar-refractivity contribution in [2.45, 2.75) is 91.0 Å². The maximum atomic E-state index is 12.3. The Hall–Kier alpha value is -3.65. The minimum Gasteiger partial charge on any atom is -0.463 e. The van der Waals surface area contributed by atoms with Crippen LogP contribution in [0.3, 0.4) is 0 Å². The van der Waals surface area contributed by atoms with Gasteiger partial charge in [0.25, 0.3) is 0 Å². The zero-order chi connectivity index (χ0) is 29.4. The molecule has 218 valence electrons. The van der Waals surface area contributed by atoms with E-state index < -0.39 is 54.4 Å². The highest BCUT2D eigenvalue weighted by Gasteiger charge is 2.52. The summed E-state index contributed by atoms with van der Waals surface area (Å²) in [6.07, 6.45) is 1.46. The molecule has 14 heteroatoms. The molecule has 0 bridgehead atoms. The second kappa shape index (κ2) is 14.1. The lowest BCUT2D eigenvalue weighted by molar-refractivity contribution is -0.239. The number of aromatic nitrogens is 4. The van der Waals surface area contributed by atoms with Crippen molar-refractivity contribution in [2.24, 2.45) is 0 Å². The molecule has 0 spiro atoms. The molecule has 40 heavy (non-hydrogen) atoms.